The van der Waals surface area contributed by atoms with Gasteiger partial charge in [0.25, 0.3) is 0 Å². The SMILES string of the molecule is CN(C)c1nnc(C(C)(C)C)o1.Cc1nnc(C(C)(C)C)o1.Cc1nnc(C(C)(C)C)o1. The Hall–Kier alpha value is -2.78. The second-order valence-corrected chi connectivity index (χ2v) is 10.8. The Morgan fingerprint density at radius 3 is 0.969 bits per heavy atom. The van der Waals surface area contributed by atoms with E-state index >= 15 is 0 Å². The lowest BCUT2D eigenvalue weighted by atomic mass is 9.97. The summed E-state index contributed by atoms with van der Waals surface area (Å²) in [7, 11) is 3.75. The van der Waals surface area contributed by atoms with Crippen molar-refractivity contribution in [1.29, 1.82) is 0 Å². The van der Waals surface area contributed by atoms with Crippen molar-refractivity contribution in [3.63, 3.8) is 0 Å². The third-order valence-corrected chi connectivity index (χ3v) is 3.77. The second-order valence-electron chi connectivity index (χ2n) is 10.8. The second kappa shape index (κ2) is 10.2. The zero-order valence-electron chi connectivity index (χ0n) is 21.9. The first-order valence-corrected chi connectivity index (χ1v) is 10.5. The number of rotatable bonds is 1. The fourth-order valence-corrected chi connectivity index (χ4v) is 1.90. The quantitative estimate of drug-likeness (QED) is 0.513. The van der Waals surface area contributed by atoms with Crippen molar-refractivity contribution in [3.05, 3.63) is 29.5 Å². The number of anilines is 1. The van der Waals surface area contributed by atoms with E-state index in [0.29, 0.717) is 35.5 Å². The molecule has 0 saturated carbocycles. The molecule has 0 N–H and O–H groups in total. The minimum atomic E-state index is -0.0682. The van der Waals surface area contributed by atoms with E-state index in [9.17, 15) is 0 Å². The Morgan fingerprint density at radius 1 is 0.500 bits per heavy atom. The molecule has 0 fully saturated rings. The Balaban J connectivity index is 0.000000241. The molecule has 0 aromatic carbocycles. The third kappa shape index (κ3) is 8.76. The van der Waals surface area contributed by atoms with Crippen molar-refractivity contribution in [3.8, 4) is 0 Å². The minimum Gasteiger partial charge on any atom is -0.425 e. The van der Waals surface area contributed by atoms with Gasteiger partial charge in [-0.25, -0.2) is 0 Å². The molecular weight excluding hydrogens is 410 g/mol. The number of hydrogen-bond acceptors (Lipinski definition) is 10. The lowest BCUT2D eigenvalue weighted by Gasteiger charge is -2.11. The average molecular weight is 450 g/mol. The monoisotopic (exact) mass is 449 g/mol. The molecule has 0 spiro atoms. The number of aromatic nitrogens is 6. The van der Waals surface area contributed by atoms with Crippen LogP contribution in [0, 0.1) is 13.8 Å². The fourth-order valence-electron chi connectivity index (χ4n) is 1.90. The molecular formula is C22H39N7O3. The Kier molecular flexibility index (Phi) is 8.71. The first kappa shape index (κ1) is 27.3. The van der Waals surface area contributed by atoms with Crippen LogP contribution in [0.3, 0.4) is 0 Å². The molecule has 3 rings (SSSR count). The van der Waals surface area contributed by atoms with Gasteiger partial charge in [-0.3, -0.25) is 0 Å². The van der Waals surface area contributed by atoms with Crippen LogP contribution in [0.25, 0.3) is 0 Å². The summed E-state index contributed by atoms with van der Waals surface area (Å²) in [6.07, 6.45) is 0. The van der Waals surface area contributed by atoms with Gasteiger partial charge in [0.15, 0.2) is 0 Å². The van der Waals surface area contributed by atoms with Gasteiger partial charge in [-0.1, -0.05) is 67.4 Å². The van der Waals surface area contributed by atoms with E-state index in [2.05, 4.69) is 30.6 Å². The highest BCUT2D eigenvalue weighted by Gasteiger charge is 2.22. The molecule has 10 nitrogen and oxygen atoms in total. The summed E-state index contributed by atoms with van der Waals surface area (Å²) >= 11 is 0. The van der Waals surface area contributed by atoms with Crippen molar-refractivity contribution in [2.24, 2.45) is 0 Å². The van der Waals surface area contributed by atoms with Crippen molar-refractivity contribution in [1.82, 2.24) is 30.6 Å². The smallest absolute Gasteiger partial charge is 0.317 e. The topological polar surface area (TPSA) is 120 Å². The van der Waals surface area contributed by atoms with Crippen molar-refractivity contribution >= 4 is 6.01 Å². The molecule has 3 heterocycles. The highest BCUT2D eigenvalue weighted by molar-refractivity contribution is 5.20. The first-order valence-electron chi connectivity index (χ1n) is 10.5. The van der Waals surface area contributed by atoms with Gasteiger partial charge in [0.05, 0.1) is 0 Å². The van der Waals surface area contributed by atoms with E-state index < -0.39 is 0 Å². The Bertz CT molecular complexity index is 901. The molecule has 0 unspecified atom stereocenters. The number of nitrogens with zero attached hydrogens (tertiary/aromatic N) is 7. The fraction of sp³-hybridized carbons (Fsp3) is 0.727. The van der Waals surface area contributed by atoms with Gasteiger partial charge in [-0.05, 0) is 0 Å². The van der Waals surface area contributed by atoms with Crippen molar-refractivity contribution in [2.75, 3.05) is 19.0 Å². The van der Waals surface area contributed by atoms with Crippen LogP contribution < -0.4 is 4.90 Å². The van der Waals surface area contributed by atoms with Crippen molar-refractivity contribution in [2.45, 2.75) is 92.4 Å². The molecule has 0 saturated heterocycles. The molecule has 3 aromatic rings. The highest BCUT2D eigenvalue weighted by Crippen LogP contribution is 2.23. The van der Waals surface area contributed by atoms with E-state index in [1.165, 1.54) is 0 Å². The molecule has 3 aromatic heterocycles. The normalized spacial score (nSPS) is 11.9. The van der Waals surface area contributed by atoms with Crippen LogP contribution in [0.1, 0.15) is 91.8 Å². The van der Waals surface area contributed by atoms with Crippen LogP contribution in [0.4, 0.5) is 6.01 Å². The maximum absolute atomic E-state index is 5.41. The van der Waals surface area contributed by atoms with Crippen LogP contribution in [-0.2, 0) is 16.2 Å². The molecule has 0 bridgehead atoms. The number of hydrogen-bond donors (Lipinski definition) is 0. The van der Waals surface area contributed by atoms with E-state index in [1.54, 1.807) is 18.7 Å². The maximum Gasteiger partial charge on any atom is 0.317 e. The van der Waals surface area contributed by atoms with Crippen LogP contribution in [-0.4, -0.2) is 44.7 Å². The zero-order chi connectivity index (χ0) is 24.9. The summed E-state index contributed by atoms with van der Waals surface area (Å²) in [5.74, 6) is 3.33. The summed E-state index contributed by atoms with van der Waals surface area (Å²) in [6, 6.07) is 0.555. The van der Waals surface area contributed by atoms with E-state index in [-0.39, 0.29) is 16.2 Å². The molecule has 0 radical (unpaired) electrons. The summed E-state index contributed by atoms with van der Waals surface area (Å²) in [4.78, 5) is 1.79. The van der Waals surface area contributed by atoms with E-state index in [4.69, 9.17) is 13.3 Å². The van der Waals surface area contributed by atoms with E-state index in [0.717, 1.165) is 0 Å². The minimum absolute atomic E-state index is 0.0265. The van der Waals surface area contributed by atoms with Gasteiger partial charge >= 0.3 is 6.01 Å². The van der Waals surface area contributed by atoms with Crippen LogP contribution >= 0.6 is 0 Å². The molecule has 0 atom stereocenters. The molecule has 0 aliphatic heterocycles. The van der Waals surface area contributed by atoms with Gasteiger partial charge in [-0.15, -0.1) is 25.5 Å². The van der Waals surface area contributed by atoms with Gasteiger partial charge in [-0.2, -0.15) is 0 Å². The predicted octanol–water partition coefficient (Wildman–Crippen LogP) is 4.78. The van der Waals surface area contributed by atoms with Crippen molar-refractivity contribution < 1.29 is 13.3 Å². The predicted molar refractivity (Wildman–Crippen MR) is 123 cm³/mol. The Labute approximate surface area is 191 Å². The Morgan fingerprint density at radius 2 is 0.812 bits per heavy atom. The van der Waals surface area contributed by atoms with Gasteiger partial charge in [0, 0.05) is 44.2 Å². The number of aryl methyl sites for hydroxylation is 2. The van der Waals surface area contributed by atoms with Gasteiger partial charge in [0.1, 0.15) is 0 Å². The summed E-state index contributed by atoms with van der Waals surface area (Å²) in [5, 5.41) is 23.1. The largest absolute Gasteiger partial charge is 0.425 e. The molecule has 32 heavy (non-hydrogen) atoms. The summed E-state index contributed by atoms with van der Waals surface area (Å²) in [5.41, 5.74) is -0.121. The highest BCUT2D eigenvalue weighted by atomic mass is 16.4. The van der Waals surface area contributed by atoms with Gasteiger partial charge in [0.2, 0.25) is 29.5 Å². The van der Waals surface area contributed by atoms with Crippen LogP contribution in [0.2, 0.25) is 0 Å². The molecule has 0 amide bonds. The zero-order valence-corrected chi connectivity index (χ0v) is 21.9. The molecule has 180 valence electrons. The summed E-state index contributed by atoms with van der Waals surface area (Å²) in [6.45, 7) is 22.0. The molecule has 10 heteroatoms. The third-order valence-electron chi connectivity index (χ3n) is 3.77. The summed E-state index contributed by atoms with van der Waals surface area (Å²) < 4.78 is 15.9. The lowest BCUT2D eigenvalue weighted by Crippen LogP contribution is -2.11. The molecule has 0 aliphatic rings. The standard InChI is InChI=1S/C8H15N3O.2C7H12N2O/c1-8(2,3)6-9-10-7(12-6)11(4)5;2*1-5-8-9-6(10-5)7(2,3)4/h1-5H3;2*1-4H3. The lowest BCUT2D eigenvalue weighted by molar-refractivity contribution is 0.380. The first-order chi connectivity index (χ1) is 14.4. The molecule has 0 aliphatic carbocycles. The van der Waals surface area contributed by atoms with Gasteiger partial charge < -0.3 is 18.2 Å². The average Bonchev–Trinajstić information content (AvgIpc) is 3.33. The van der Waals surface area contributed by atoms with Crippen LogP contribution in [0.15, 0.2) is 13.3 Å². The maximum atomic E-state index is 5.41. The van der Waals surface area contributed by atoms with Crippen LogP contribution in [0.5, 0.6) is 0 Å². The van der Waals surface area contributed by atoms with E-state index in [1.807, 2.05) is 76.4 Å².